The molecular weight excluding hydrogens is 232 g/mol. The van der Waals surface area contributed by atoms with E-state index in [0.717, 1.165) is 18.0 Å². The van der Waals surface area contributed by atoms with E-state index in [9.17, 15) is 0 Å². The van der Waals surface area contributed by atoms with Crippen molar-refractivity contribution >= 4 is 11.6 Å². The standard InChI is InChI=1S/C14H15ClN2/c1-16-10-12-2-3-14(15)9-13(12)8-11-4-6-17-7-5-11/h2-7,9,16H,8,10H2,1H3. The molecule has 0 spiro atoms. The average molecular weight is 247 g/mol. The smallest absolute Gasteiger partial charge is 0.0409 e. The highest BCUT2D eigenvalue weighted by molar-refractivity contribution is 6.30. The lowest BCUT2D eigenvalue weighted by Crippen LogP contribution is -2.08. The number of hydrogen-bond donors (Lipinski definition) is 1. The summed E-state index contributed by atoms with van der Waals surface area (Å²) in [5, 5.41) is 3.96. The quantitative estimate of drug-likeness (QED) is 0.897. The van der Waals surface area contributed by atoms with Crippen LogP contribution in [0.3, 0.4) is 0 Å². The predicted octanol–water partition coefficient (Wildman–Crippen LogP) is 3.05. The summed E-state index contributed by atoms with van der Waals surface area (Å²) in [5.41, 5.74) is 3.80. The fourth-order valence-corrected chi connectivity index (χ4v) is 2.04. The van der Waals surface area contributed by atoms with Gasteiger partial charge in [0.25, 0.3) is 0 Å². The Morgan fingerprint density at radius 1 is 1.12 bits per heavy atom. The number of nitrogens with zero attached hydrogens (tertiary/aromatic N) is 1. The van der Waals surface area contributed by atoms with Gasteiger partial charge < -0.3 is 5.32 Å². The van der Waals surface area contributed by atoms with E-state index in [4.69, 9.17) is 11.6 Å². The van der Waals surface area contributed by atoms with Gasteiger partial charge >= 0.3 is 0 Å². The molecular formula is C14H15ClN2. The Kier molecular flexibility index (Phi) is 4.13. The second-order valence-corrected chi connectivity index (χ2v) is 4.41. The third-order valence-corrected chi connectivity index (χ3v) is 2.91. The Labute approximate surface area is 107 Å². The van der Waals surface area contributed by atoms with E-state index in [1.165, 1.54) is 16.7 Å². The van der Waals surface area contributed by atoms with Gasteiger partial charge in [-0.1, -0.05) is 17.7 Å². The number of pyridine rings is 1. The molecule has 0 amide bonds. The maximum Gasteiger partial charge on any atom is 0.0409 e. The Bertz CT molecular complexity index is 483. The van der Waals surface area contributed by atoms with Crippen LogP contribution in [0.5, 0.6) is 0 Å². The first-order valence-corrected chi connectivity index (χ1v) is 5.98. The Balaban J connectivity index is 2.27. The van der Waals surface area contributed by atoms with Gasteiger partial charge in [0.05, 0.1) is 0 Å². The molecule has 0 unspecified atom stereocenters. The largest absolute Gasteiger partial charge is 0.316 e. The minimum Gasteiger partial charge on any atom is -0.316 e. The van der Waals surface area contributed by atoms with Gasteiger partial charge in [0, 0.05) is 24.0 Å². The number of rotatable bonds is 4. The fourth-order valence-electron chi connectivity index (χ4n) is 1.84. The molecule has 88 valence electrons. The zero-order chi connectivity index (χ0) is 12.1. The van der Waals surface area contributed by atoms with Crippen LogP contribution in [0, 0.1) is 0 Å². The first kappa shape index (κ1) is 12.1. The molecule has 0 aliphatic heterocycles. The Morgan fingerprint density at radius 3 is 2.59 bits per heavy atom. The summed E-state index contributed by atoms with van der Waals surface area (Å²) < 4.78 is 0. The molecule has 1 N–H and O–H groups in total. The third-order valence-electron chi connectivity index (χ3n) is 2.68. The minimum absolute atomic E-state index is 0.786. The van der Waals surface area contributed by atoms with E-state index in [0.29, 0.717) is 0 Å². The summed E-state index contributed by atoms with van der Waals surface area (Å²) in [4.78, 5) is 4.02. The molecule has 1 aromatic heterocycles. The van der Waals surface area contributed by atoms with Gasteiger partial charge in [-0.15, -0.1) is 0 Å². The molecule has 3 heteroatoms. The van der Waals surface area contributed by atoms with E-state index in [1.807, 2.05) is 43.7 Å². The van der Waals surface area contributed by atoms with Crippen molar-refractivity contribution in [3.05, 3.63) is 64.4 Å². The molecule has 0 saturated carbocycles. The molecule has 0 bridgehead atoms. The number of nitrogens with one attached hydrogen (secondary N) is 1. The van der Waals surface area contributed by atoms with Crippen molar-refractivity contribution in [1.29, 1.82) is 0 Å². The maximum absolute atomic E-state index is 6.05. The van der Waals surface area contributed by atoms with Crippen molar-refractivity contribution in [2.24, 2.45) is 0 Å². The molecule has 2 rings (SSSR count). The number of aromatic nitrogens is 1. The molecule has 0 saturated heterocycles. The van der Waals surface area contributed by atoms with Gasteiger partial charge in [-0.25, -0.2) is 0 Å². The highest BCUT2D eigenvalue weighted by Gasteiger charge is 2.04. The van der Waals surface area contributed by atoms with Gasteiger partial charge in [0.2, 0.25) is 0 Å². The van der Waals surface area contributed by atoms with E-state index < -0.39 is 0 Å². The van der Waals surface area contributed by atoms with Gasteiger partial charge in [0.1, 0.15) is 0 Å². The van der Waals surface area contributed by atoms with Crippen LogP contribution < -0.4 is 5.32 Å². The second-order valence-electron chi connectivity index (χ2n) is 3.98. The monoisotopic (exact) mass is 246 g/mol. The molecule has 17 heavy (non-hydrogen) atoms. The Morgan fingerprint density at radius 2 is 1.88 bits per heavy atom. The SMILES string of the molecule is CNCc1ccc(Cl)cc1Cc1ccncc1. The molecule has 0 aliphatic rings. The lowest BCUT2D eigenvalue weighted by atomic mass is 10.0. The third kappa shape index (κ3) is 3.29. The molecule has 1 heterocycles. The number of halogens is 1. The first-order valence-electron chi connectivity index (χ1n) is 5.60. The molecule has 2 nitrogen and oxygen atoms in total. The minimum atomic E-state index is 0.786. The maximum atomic E-state index is 6.05. The summed E-state index contributed by atoms with van der Waals surface area (Å²) in [7, 11) is 1.95. The van der Waals surface area contributed by atoms with Gasteiger partial charge in [-0.3, -0.25) is 4.98 Å². The van der Waals surface area contributed by atoms with Crippen LogP contribution in [0.2, 0.25) is 5.02 Å². The van der Waals surface area contributed by atoms with Gasteiger partial charge in [-0.2, -0.15) is 0 Å². The van der Waals surface area contributed by atoms with Gasteiger partial charge in [0.15, 0.2) is 0 Å². The highest BCUT2D eigenvalue weighted by Crippen LogP contribution is 2.19. The molecule has 2 aromatic rings. The normalized spacial score (nSPS) is 10.5. The molecule has 0 fully saturated rings. The average Bonchev–Trinajstić information content (AvgIpc) is 2.34. The van der Waals surface area contributed by atoms with Crippen LogP contribution in [0.4, 0.5) is 0 Å². The van der Waals surface area contributed by atoms with Crippen molar-refractivity contribution in [3.63, 3.8) is 0 Å². The topological polar surface area (TPSA) is 24.9 Å². The van der Waals surface area contributed by atoms with Crippen LogP contribution in [0.1, 0.15) is 16.7 Å². The molecule has 0 radical (unpaired) electrons. The van der Waals surface area contributed by atoms with Crippen molar-refractivity contribution in [2.75, 3.05) is 7.05 Å². The summed E-state index contributed by atoms with van der Waals surface area (Å²) in [5.74, 6) is 0. The molecule has 0 aliphatic carbocycles. The predicted molar refractivity (Wildman–Crippen MR) is 71.3 cm³/mol. The summed E-state index contributed by atoms with van der Waals surface area (Å²) >= 11 is 6.05. The summed E-state index contributed by atoms with van der Waals surface area (Å²) in [6, 6.07) is 10.1. The van der Waals surface area contributed by atoms with Crippen LogP contribution in [-0.2, 0) is 13.0 Å². The highest BCUT2D eigenvalue weighted by atomic mass is 35.5. The van der Waals surface area contributed by atoms with Crippen molar-refractivity contribution < 1.29 is 0 Å². The zero-order valence-corrected chi connectivity index (χ0v) is 10.5. The van der Waals surface area contributed by atoms with E-state index in [2.05, 4.69) is 16.4 Å². The van der Waals surface area contributed by atoms with Crippen LogP contribution in [0.25, 0.3) is 0 Å². The zero-order valence-electron chi connectivity index (χ0n) is 9.78. The van der Waals surface area contributed by atoms with E-state index in [-0.39, 0.29) is 0 Å². The first-order chi connectivity index (χ1) is 8.29. The van der Waals surface area contributed by atoms with Crippen molar-refractivity contribution in [3.8, 4) is 0 Å². The molecule has 0 atom stereocenters. The summed E-state index contributed by atoms with van der Waals surface area (Å²) in [6.07, 6.45) is 4.52. The summed E-state index contributed by atoms with van der Waals surface area (Å²) in [6.45, 7) is 0.859. The van der Waals surface area contributed by atoms with Crippen molar-refractivity contribution in [2.45, 2.75) is 13.0 Å². The Hall–Kier alpha value is -1.38. The second kappa shape index (κ2) is 5.80. The van der Waals surface area contributed by atoms with Crippen molar-refractivity contribution in [1.82, 2.24) is 10.3 Å². The lowest BCUT2D eigenvalue weighted by Gasteiger charge is -2.09. The molecule has 1 aromatic carbocycles. The lowest BCUT2D eigenvalue weighted by molar-refractivity contribution is 0.808. The number of benzene rings is 1. The van der Waals surface area contributed by atoms with Gasteiger partial charge in [-0.05, 0) is 54.4 Å². The van der Waals surface area contributed by atoms with Crippen LogP contribution in [0.15, 0.2) is 42.7 Å². The van der Waals surface area contributed by atoms with Crippen LogP contribution in [-0.4, -0.2) is 12.0 Å². The fraction of sp³-hybridized carbons (Fsp3) is 0.214. The van der Waals surface area contributed by atoms with E-state index in [1.54, 1.807) is 0 Å². The number of hydrogen-bond acceptors (Lipinski definition) is 2. The van der Waals surface area contributed by atoms with Crippen LogP contribution >= 0.6 is 11.6 Å². The van der Waals surface area contributed by atoms with E-state index >= 15 is 0 Å².